The average Bonchev–Trinajstić information content (AvgIpc) is 1.87. The van der Waals surface area contributed by atoms with Crippen molar-refractivity contribution in [1.29, 1.82) is 0 Å². The Morgan fingerprint density at radius 2 is 1.82 bits per heavy atom. The summed E-state index contributed by atoms with van der Waals surface area (Å²) in [4.78, 5) is 11.7. The van der Waals surface area contributed by atoms with E-state index >= 15 is 0 Å². The molecule has 0 saturated carbocycles. The van der Waals surface area contributed by atoms with Crippen LogP contribution in [-0.4, -0.2) is 37.5 Å². The van der Waals surface area contributed by atoms with Crippen molar-refractivity contribution in [3.63, 3.8) is 0 Å². The van der Waals surface area contributed by atoms with E-state index in [1.807, 2.05) is 0 Å². The first-order valence-corrected chi connectivity index (χ1v) is 3.07. The van der Waals surface area contributed by atoms with E-state index in [-0.39, 0.29) is 0 Å². The van der Waals surface area contributed by atoms with Gasteiger partial charge in [-0.2, -0.15) is 0 Å². The lowest BCUT2D eigenvalue weighted by Crippen LogP contribution is -2.27. The molecule has 0 aromatic rings. The van der Waals surface area contributed by atoms with Gasteiger partial charge >= 0.3 is 0 Å². The standard InChI is InChI=1S/C6H10F3NO/c1-10(2)5(11)3-4(7)6(8)9/h4,6H,3H2,1-2H3. The second kappa shape index (κ2) is 4.20. The zero-order valence-corrected chi connectivity index (χ0v) is 6.35. The van der Waals surface area contributed by atoms with Crippen LogP contribution in [0.3, 0.4) is 0 Å². The van der Waals surface area contributed by atoms with Crippen molar-refractivity contribution in [2.75, 3.05) is 14.1 Å². The fourth-order valence-electron chi connectivity index (χ4n) is 0.438. The van der Waals surface area contributed by atoms with Crippen molar-refractivity contribution in [1.82, 2.24) is 4.90 Å². The van der Waals surface area contributed by atoms with Gasteiger partial charge < -0.3 is 4.90 Å². The smallest absolute Gasteiger partial charge is 0.269 e. The van der Waals surface area contributed by atoms with Crippen LogP contribution in [0.4, 0.5) is 13.2 Å². The van der Waals surface area contributed by atoms with E-state index in [0.717, 1.165) is 4.90 Å². The lowest BCUT2D eigenvalue weighted by molar-refractivity contribution is -0.131. The molecule has 0 aliphatic heterocycles. The molecule has 1 amide bonds. The van der Waals surface area contributed by atoms with Gasteiger partial charge in [-0.1, -0.05) is 0 Å². The first kappa shape index (κ1) is 10.3. The van der Waals surface area contributed by atoms with Crippen LogP contribution < -0.4 is 0 Å². The van der Waals surface area contributed by atoms with E-state index in [4.69, 9.17) is 0 Å². The quantitative estimate of drug-likeness (QED) is 0.618. The number of carbonyl (C=O) groups is 1. The highest BCUT2D eigenvalue weighted by atomic mass is 19.3. The minimum absolute atomic E-state index is 0.627. The maximum Gasteiger partial charge on any atom is 0.269 e. The van der Waals surface area contributed by atoms with Gasteiger partial charge in [0, 0.05) is 14.1 Å². The molecule has 0 aliphatic rings. The molecule has 0 aromatic heterocycles. The molecule has 66 valence electrons. The molecule has 0 bridgehead atoms. The SMILES string of the molecule is CN(C)C(=O)CC(F)C(F)F. The van der Waals surface area contributed by atoms with E-state index in [0.29, 0.717) is 0 Å². The van der Waals surface area contributed by atoms with Gasteiger partial charge in [-0.15, -0.1) is 0 Å². The van der Waals surface area contributed by atoms with Gasteiger partial charge in [0.15, 0.2) is 6.17 Å². The van der Waals surface area contributed by atoms with Crippen LogP contribution in [0.1, 0.15) is 6.42 Å². The number of nitrogens with zero attached hydrogens (tertiary/aromatic N) is 1. The Kier molecular flexibility index (Phi) is 3.92. The first-order valence-electron chi connectivity index (χ1n) is 3.07. The summed E-state index contributed by atoms with van der Waals surface area (Å²) in [6, 6.07) is 0. The normalized spacial score (nSPS) is 13.3. The maximum atomic E-state index is 12.1. The Bertz CT molecular complexity index is 138. The Balaban J connectivity index is 3.76. The third-order valence-corrected chi connectivity index (χ3v) is 1.14. The Morgan fingerprint density at radius 1 is 1.36 bits per heavy atom. The number of hydrogen-bond donors (Lipinski definition) is 0. The topological polar surface area (TPSA) is 20.3 Å². The van der Waals surface area contributed by atoms with Gasteiger partial charge in [0.2, 0.25) is 5.91 Å². The lowest BCUT2D eigenvalue weighted by Gasteiger charge is -2.11. The van der Waals surface area contributed by atoms with Crippen LogP contribution in [-0.2, 0) is 4.79 Å². The second-order valence-electron chi connectivity index (χ2n) is 2.34. The van der Waals surface area contributed by atoms with E-state index in [2.05, 4.69) is 0 Å². The van der Waals surface area contributed by atoms with E-state index in [1.165, 1.54) is 14.1 Å². The zero-order valence-electron chi connectivity index (χ0n) is 6.35. The van der Waals surface area contributed by atoms with Crippen LogP contribution in [0.2, 0.25) is 0 Å². The molecular weight excluding hydrogens is 159 g/mol. The molecule has 0 N–H and O–H groups in total. The Hall–Kier alpha value is -0.740. The van der Waals surface area contributed by atoms with Crippen LogP contribution in [0.25, 0.3) is 0 Å². The molecule has 2 nitrogen and oxygen atoms in total. The van der Waals surface area contributed by atoms with Gasteiger partial charge in [-0.25, -0.2) is 13.2 Å². The van der Waals surface area contributed by atoms with Crippen molar-refractivity contribution in [3.8, 4) is 0 Å². The molecule has 0 aromatic carbocycles. The molecule has 1 atom stereocenters. The summed E-state index contributed by atoms with van der Waals surface area (Å²) in [5, 5.41) is 0. The maximum absolute atomic E-state index is 12.1. The summed E-state index contributed by atoms with van der Waals surface area (Å²) in [7, 11) is 2.78. The van der Waals surface area contributed by atoms with Gasteiger partial charge in [0.05, 0.1) is 6.42 Å². The van der Waals surface area contributed by atoms with Crippen LogP contribution in [0, 0.1) is 0 Å². The summed E-state index contributed by atoms with van der Waals surface area (Å²) < 4.78 is 35.2. The summed E-state index contributed by atoms with van der Waals surface area (Å²) in [5.41, 5.74) is 0. The van der Waals surface area contributed by atoms with E-state index < -0.39 is 24.9 Å². The molecule has 0 spiro atoms. The van der Waals surface area contributed by atoms with Crippen LogP contribution in [0.15, 0.2) is 0 Å². The van der Waals surface area contributed by atoms with Gasteiger partial charge in [0.1, 0.15) is 0 Å². The molecular formula is C6H10F3NO. The molecule has 0 fully saturated rings. The highest BCUT2D eigenvalue weighted by Crippen LogP contribution is 2.09. The average molecular weight is 169 g/mol. The number of carbonyl (C=O) groups excluding carboxylic acids is 1. The third-order valence-electron chi connectivity index (χ3n) is 1.14. The summed E-state index contributed by atoms with van der Waals surface area (Å²) in [5.74, 6) is -0.627. The van der Waals surface area contributed by atoms with Gasteiger partial charge in [0.25, 0.3) is 6.43 Å². The number of rotatable bonds is 3. The largest absolute Gasteiger partial charge is 0.349 e. The van der Waals surface area contributed by atoms with Crippen molar-refractivity contribution in [2.24, 2.45) is 0 Å². The number of halogens is 3. The summed E-state index contributed by atoms with van der Waals surface area (Å²) in [6.07, 6.45) is -6.16. The van der Waals surface area contributed by atoms with Gasteiger partial charge in [-0.3, -0.25) is 4.79 Å². The van der Waals surface area contributed by atoms with Gasteiger partial charge in [-0.05, 0) is 0 Å². The van der Waals surface area contributed by atoms with E-state index in [9.17, 15) is 18.0 Å². The van der Waals surface area contributed by atoms with Crippen LogP contribution in [0.5, 0.6) is 0 Å². The molecule has 0 saturated heterocycles. The fourth-order valence-corrected chi connectivity index (χ4v) is 0.438. The highest BCUT2D eigenvalue weighted by molar-refractivity contribution is 5.76. The number of alkyl halides is 3. The monoisotopic (exact) mass is 169 g/mol. The Morgan fingerprint density at radius 3 is 2.09 bits per heavy atom. The first-order chi connectivity index (χ1) is 4.95. The molecule has 1 unspecified atom stereocenters. The lowest BCUT2D eigenvalue weighted by atomic mass is 10.2. The summed E-state index contributed by atoms with van der Waals surface area (Å²) >= 11 is 0. The molecule has 0 heterocycles. The molecule has 5 heteroatoms. The van der Waals surface area contributed by atoms with Crippen molar-refractivity contribution >= 4 is 5.91 Å². The van der Waals surface area contributed by atoms with Crippen molar-refractivity contribution < 1.29 is 18.0 Å². The summed E-state index contributed by atoms with van der Waals surface area (Å²) in [6.45, 7) is 0. The zero-order chi connectivity index (χ0) is 9.02. The predicted molar refractivity (Wildman–Crippen MR) is 34.2 cm³/mol. The van der Waals surface area contributed by atoms with Crippen LogP contribution >= 0.6 is 0 Å². The molecule has 0 radical (unpaired) electrons. The molecule has 11 heavy (non-hydrogen) atoms. The Labute approximate surface area is 63.0 Å². The van der Waals surface area contributed by atoms with E-state index in [1.54, 1.807) is 0 Å². The molecule has 0 rings (SSSR count). The molecule has 0 aliphatic carbocycles. The highest BCUT2D eigenvalue weighted by Gasteiger charge is 2.23. The predicted octanol–water partition coefficient (Wildman–Crippen LogP) is 1.07. The minimum Gasteiger partial charge on any atom is -0.349 e. The minimum atomic E-state index is -3.07. The number of amides is 1. The van der Waals surface area contributed by atoms with Crippen molar-refractivity contribution in [2.45, 2.75) is 19.0 Å². The van der Waals surface area contributed by atoms with Crippen molar-refractivity contribution in [3.05, 3.63) is 0 Å². The second-order valence-corrected chi connectivity index (χ2v) is 2.34. The fraction of sp³-hybridized carbons (Fsp3) is 0.833. The third kappa shape index (κ3) is 3.85. The number of hydrogen-bond acceptors (Lipinski definition) is 1.